The third kappa shape index (κ3) is 3.79. The summed E-state index contributed by atoms with van der Waals surface area (Å²) in [6.07, 6.45) is 0. The van der Waals surface area contributed by atoms with Gasteiger partial charge in [-0.05, 0) is 24.3 Å². The van der Waals surface area contributed by atoms with Crippen molar-refractivity contribution in [2.75, 3.05) is 0 Å². The van der Waals surface area contributed by atoms with E-state index in [2.05, 4.69) is 15.9 Å². The molecule has 1 nitrogen and oxygen atoms in total. The highest BCUT2D eigenvalue weighted by molar-refractivity contribution is 9.10. The van der Waals surface area contributed by atoms with Crippen LogP contribution in [0, 0.1) is 0 Å². The largest absolute Gasteiger partial charge is 0.488 e. The third-order valence-corrected chi connectivity index (χ3v) is 4.07. The molecule has 2 rings (SSSR count). The Morgan fingerprint density at radius 3 is 2.53 bits per heavy atom. The summed E-state index contributed by atoms with van der Waals surface area (Å²) in [5, 5.41) is 1.26. The maximum absolute atomic E-state index is 6.14. The van der Waals surface area contributed by atoms with Crippen molar-refractivity contribution in [3.8, 4) is 5.75 Å². The topological polar surface area (TPSA) is 9.23 Å². The molecule has 0 bridgehead atoms. The minimum atomic E-state index is 0.309. The van der Waals surface area contributed by atoms with E-state index in [1.807, 2.05) is 30.3 Å². The minimum Gasteiger partial charge on any atom is -0.488 e. The molecule has 0 spiro atoms. The highest BCUT2D eigenvalue weighted by Gasteiger charge is 2.08. The molecular weight excluding hydrogens is 370 g/mol. The molecule has 0 atom stereocenters. The van der Waals surface area contributed by atoms with E-state index in [9.17, 15) is 0 Å². The van der Waals surface area contributed by atoms with Gasteiger partial charge in [-0.2, -0.15) is 0 Å². The van der Waals surface area contributed by atoms with Crippen molar-refractivity contribution in [2.24, 2.45) is 0 Å². The number of benzene rings is 2. The maximum Gasteiger partial charge on any atom is 0.125 e. The summed E-state index contributed by atoms with van der Waals surface area (Å²) >= 11 is 21.4. The SMILES string of the molecule is ClCc1c(Cl)cccc1OCc1ccc(Br)cc1Cl. The van der Waals surface area contributed by atoms with Gasteiger partial charge in [0.25, 0.3) is 0 Å². The second-order valence-electron chi connectivity index (χ2n) is 3.87. The van der Waals surface area contributed by atoms with Gasteiger partial charge in [0.15, 0.2) is 0 Å². The molecule has 0 amide bonds. The number of rotatable bonds is 4. The predicted octanol–water partition coefficient (Wildman–Crippen LogP) is 6.07. The van der Waals surface area contributed by atoms with Gasteiger partial charge in [-0.25, -0.2) is 0 Å². The first kappa shape index (κ1) is 15.0. The molecule has 0 saturated heterocycles. The molecule has 0 aromatic heterocycles. The van der Waals surface area contributed by atoms with Gasteiger partial charge in [-0.3, -0.25) is 0 Å². The normalized spacial score (nSPS) is 10.5. The van der Waals surface area contributed by atoms with E-state index >= 15 is 0 Å². The maximum atomic E-state index is 6.14. The van der Waals surface area contributed by atoms with Crippen LogP contribution in [0.2, 0.25) is 10.0 Å². The number of ether oxygens (including phenoxy) is 1. The van der Waals surface area contributed by atoms with E-state index in [0.29, 0.717) is 28.3 Å². The van der Waals surface area contributed by atoms with Crippen LogP contribution in [-0.4, -0.2) is 0 Å². The van der Waals surface area contributed by atoms with Crippen LogP contribution in [0.15, 0.2) is 40.9 Å². The monoisotopic (exact) mass is 378 g/mol. The predicted molar refractivity (Wildman–Crippen MR) is 84.5 cm³/mol. The van der Waals surface area contributed by atoms with Crippen LogP contribution in [-0.2, 0) is 12.5 Å². The molecule has 0 heterocycles. The first-order chi connectivity index (χ1) is 9.11. The van der Waals surface area contributed by atoms with Crippen LogP contribution in [0.25, 0.3) is 0 Å². The lowest BCUT2D eigenvalue weighted by Crippen LogP contribution is -1.99. The van der Waals surface area contributed by atoms with Gasteiger partial charge in [-0.1, -0.05) is 51.3 Å². The van der Waals surface area contributed by atoms with Gasteiger partial charge >= 0.3 is 0 Å². The Balaban J connectivity index is 2.17. The standard InChI is InChI=1S/C14H10BrCl3O/c15-10-5-4-9(13(18)6-10)8-19-14-3-1-2-12(17)11(14)7-16/h1-6H,7-8H2. The summed E-state index contributed by atoms with van der Waals surface area (Å²) in [5.74, 6) is 0.991. The molecule has 0 unspecified atom stereocenters. The first-order valence-electron chi connectivity index (χ1n) is 5.52. The molecule has 0 N–H and O–H groups in total. The average Bonchev–Trinajstić information content (AvgIpc) is 2.38. The van der Waals surface area contributed by atoms with E-state index < -0.39 is 0 Å². The van der Waals surface area contributed by atoms with Crippen LogP contribution in [0.5, 0.6) is 5.75 Å². The van der Waals surface area contributed by atoms with Crippen molar-refractivity contribution in [3.05, 3.63) is 62.0 Å². The molecule has 100 valence electrons. The summed E-state index contributed by atoms with van der Waals surface area (Å²) in [4.78, 5) is 0. The number of hydrogen-bond donors (Lipinski definition) is 0. The number of hydrogen-bond acceptors (Lipinski definition) is 1. The Labute approximate surface area is 135 Å². The summed E-state index contributed by atoms with van der Waals surface area (Å²) in [7, 11) is 0. The van der Waals surface area contributed by atoms with Gasteiger partial charge in [0, 0.05) is 25.6 Å². The highest BCUT2D eigenvalue weighted by Crippen LogP contribution is 2.29. The molecule has 0 radical (unpaired) electrons. The molecule has 2 aromatic rings. The second-order valence-corrected chi connectivity index (χ2v) is 5.87. The lowest BCUT2D eigenvalue weighted by molar-refractivity contribution is 0.304. The Kier molecular flexibility index (Phi) is 5.40. The Hall–Kier alpha value is -0.410. The molecule has 0 saturated carbocycles. The lowest BCUT2D eigenvalue weighted by atomic mass is 10.2. The summed E-state index contributed by atoms with van der Waals surface area (Å²) in [6, 6.07) is 11.1. The Morgan fingerprint density at radius 2 is 1.84 bits per heavy atom. The van der Waals surface area contributed by atoms with Crippen molar-refractivity contribution in [2.45, 2.75) is 12.5 Å². The van der Waals surface area contributed by atoms with Crippen molar-refractivity contribution in [1.82, 2.24) is 0 Å². The third-order valence-electron chi connectivity index (χ3n) is 2.61. The van der Waals surface area contributed by atoms with Crippen molar-refractivity contribution in [1.29, 1.82) is 0 Å². The summed E-state index contributed by atoms with van der Waals surface area (Å²) in [5.41, 5.74) is 1.70. The molecule has 0 aliphatic heterocycles. The minimum absolute atomic E-state index is 0.309. The zero-order valence-corrected chi connectivity index (χ0v) is 13.7. The molecular formula is C14H10BrCl3O. The smallest absolute Gasteiger partial charge is 0.125 e. The van der Waals surface area contributed by atoms with Gasteiger partial charge in [0.05, 0.1) is 5.88 Å². The lowest BCUT2D eigenvalue weighted by Gasteiger charge is -2.12. The molecule has 0 fully saturated rings. The van der Waals surface area contributed by atoms with Gasteiger partial charge in [0.2, 0.25) is 0 Å². The zero-order valence-electron chi connectivity index (χ0n) is 9.80. The summed E-state index contributed by atoms with van der Waals surface area (Å²) in [6.45, 7) is 0.371. The van der Waals surface area contributed by atoms with Gasteiger partial charge in [0.1, 0.15) is 12.4 Å². The fourth-order valence-electron chi connectivity index (χ4n) is 1.60. The molecule has 2 aromatic carbocycles. The molecule has 5 heteroatoms. The highest BCUT2D eigenvalue weighted by atomic mass is 79.9. The van der Waals surface area contributed by atoms with Crippen molar-refractivity contribution >= 4 is 50.7 Å². The van der Waals surface area contributed by atoms with E-state index in [0.717, 1.165) is 15.6 Å². The summed E-state index contributed by atoms with van der Waals surface area (Å²) < 4.78 is 6.68. The van der Waals surface area contributed by atoms with Crippen molar-refractivity contribution < 1.29 is 4.74 Å². The van der Waals surface area contributed by atoms with Crippen LogP contribution >= 0.6 is 50.7 Å². The Bertz CT molecular complexity index is 587. The fraction of sp³-hybridized carbons (Fsp3) is 0.143. The fourth-order valence-corrected chi connectivity index (χ4v) is 2.90. The quantitative estimate of drug-likeness (QED) is 0.585. The van der Waals surface area contributed by atoms with Crippen molar-refractivity contribution in [3.63, 3.8) is 0 Å². The second kappa shape index (κ2) is 6.85. The molecule has 0 aliphatic carbocycles. The van der Waals surface area contributed by atoms with Gasteiger partial charge < -0.3 is 4.74 Å². The van der Waals surface area contributed by atoms with E-state index in [-0.39, 0.29) is 0 Å². The van der Waals surface area contributed by atoms with Crippen LogP contribution < -0.4 is 4.74 Å². The molecule has 0 aliphatic rings. The van der Waals surface area contributed by atoms with Crippen LogP contribution in [0.3, 0.4) is 0 Å². The Morgan fingerprint density at radius 1 is 1.05 bits per heavy atom. The average molecular weight is 380 g/mol. The van der Waals surface area contributed by atoms with Crippen LogP contribution in [0.4, 0.5) is 0 Å². The van der Waals surface area contributed by atoms with Crippen LogP contribution in [0.1, 0.15) is 11.1 Å². The zero-order chi connectivity index (χ0) is 13.8. The molecule has 19 heavy (non-hydrogen) atoms. The van der Waals surface area contributed by atoms with E-state index in [4.69, 9.17) is 39.5 Å². The first-order valence-corrected chi connectivity index (χ1v) is 7.60. The number of halogens is 4. The van der Waals surface area contributed by atoms with E-state index in [1.54, 1.807) is 6.07 Å². The number of alkyl halides is 1. The van der Waals surface area contributed by atoms with Gasteiger partial charge in [-0.15, -0.1) is 11.6 Å². The van der Waals surface area contributed by atoms with E-state index in [1.165, 1.54) is 0 Å².